The summed E-state index contributed by atoms with van der Waals surface area (Å²) in [7, 11) is 0. The lowest BCUT2D eigenvalue weighted by Crippen LogP contribution is -2.29. The van der Waals surface area contributed by atoms with Crippen LogP contribution in [-0.2, 0) is 0 Å². The molecule has 3 aromatic carbocycles. The Kier molecular flexibility index (Phi) is 6.41. The second-order valence-corrected chi connectivity index (χ2v) is 9.17. The molecule has 4 nitrogen and oxygen atoms in total. The first-order chi connectivity index (χ1) is 16.6. The monoisotopic (exact) mass is 453 g/mol. The predicted molar refractivity (Wildman–Crippen MR) is 138 cm³/mol. The van der Waals surface area contributed by atoms with Gasteiger partial charge in [0.1, 0.15) is 23.4 Å². The number of likely N-dealkylation sites (tertiary alicyclic amines) is 1. The maximum Gasteiger partial charge on any atom is 0.150 e. The first kappa shape index (κ1) is 22.3. The molecule has 0 saturated carbocycles. The average molecular weight is 454 g/mol. The summed E-state index contributed by atoms with van der Waals surface area (Å²) in [5.74, 6) is 1.06. The molecule has 0 radical (unpaired) electrons. The number of piperidine rings is 1. The molecule has 0 aliphatic carbocycles. The molecular weight excluding hydrogens is 422 g/mol. The van der Waals surface area contributed by atoms with Crippen molar-refractivity contribution in [1.82, 2.24) is 4.90 Å². The third-order valence-corrected chi connectivity index (χ3v) is 6.81. The van der Waals surface area contributed by atoms with Gasteiger partial charge in [-0.25, -0.2) is 0 Å². The van der Waals surface area contributed by atoms with Gasteiger partial charge in [-0.3, -0.25) is 4.90 Å². The van der Waals surface area contributed by atoms with Gasteiger partial charge < -0.3 is 14.9 Å². The molecule has 0 amide bonds. The molecule has 1 fully saturated rings. The van der Waals surface area contributed by atoms with E-state index in [1.165, 1.54) is 32.4 Å². The third-order valence-electron chi connectivity index (χ3n) is 6.81. The van der Waals surface area contributed by atoms with E-state index < -0.39 is 0 Å². The minimum atomic E-state index is -0.345. The van der Waals surface area contributed by atoms with Crippen molar-refractivity contribution in [1.29, 1.82) is 0 Å². The molecule has 3 aromatic rings. The topological polar surface area (TPSA) is 52.9 Å². The van der Waals surface area contributed by atoms with Crippen molar-refractivity contribution in [2.45, 2.75) is 32.3 Å². The van der Waals surface area contributed by atoms with Gasteiger partial charge in [-0.2, -0.15) is 0 Å². The fourth-order valence-electron chi connectivity index (χ4n) is 5.05. The molecule has 1 saturated heterocycles. The van der Waals surface area contributed by atoms with E-state index in [1.54, 1.807) is 24.3 Å². The summed E-state index contributed by atoms with van der Waals surface area (Å²) in [6, 6.07) is 21.0. The van der Waals surface area contributed by atoms with E-state index in [9.17, 15) is 10.2 Å². The van der Waals surface area contributed by atoms with Crippen molar-refractivity contribution in [3.05, 3.63) is 95.1 Å². The number of allylic oxidation sites excluding steroid dienone is 1. The Hall–Kier alpha value is -3.50. The van der Waals surface area contributed by atoms with Crippen LogP contribution in [0.2, 0.25) is 0 Å². The van der Waals surface area contributed by atoms with Gasteiger partial charge in [0.15, 0.2) is 0 Å². The Morgan fingerprint density at radius 3 is 2.47 bits per heavy atom. The highest BCUT2D eigenvalue weighted by Crippen LogP contribution is 2.49. The Bertz CT molecular complexity index is 1220. The maximum absolute atomic E-state index is 10.5. The van der Waals surface area contributed by atoms with Crippen molar-refractivity contribution in [2.24, 2.45) is 0 Å². The molecule has 1 atom stereocenters. The normalized spacial score (nSPS) is 18.7. The number of nitrogens with zero attached hydrogens (tertiary/aromatic N) is 1. The number of benzene rings is 3. The maximum atomic E-state index is 10.5. The van der Waals surface area contributed by atoms with Crippen molar-refractivity contribution in [3.8, 4) is 17.2 Å². The van der Waals surface area contributed by atoms with Crippen LogP contribution in [0.1, 0.15) is 54.5 Å². The number of aromatic hydroxyl groups is 2. The number of phenols is 2. The predicted octanol–water partition coefficient (Wildman–Crippen LogP) is 6.66. The second kappa shape index (κ2) is 9.78. The third kappa shape index (κ3) is 4.59. The summed E-state index contributed by atoms with van der Waals surface area (Å²) in [6.45, 7) is 5.40. The van der Waals surface area contributed by atoms with Gasteiger partial charge >= 0.3 is 0 Å². The van der Waals surface area contributed by atoms with Crippen molar-refractivity contribution in [3.63, 3.8) is 0 Å². The summed E-state index contributed by atoms with van der Waals surface area (Å²) < 4.78 is 6.45. The van der Waals surface area contributed by atoms with Crippen LogP contribution in [0, 0.1) is 0 Å². The van der Waals surface area contributed by atoms with Gasteiger partial charge in [0.25, 0.3) is 0 Å². The fourth-order valence-corrected chi connectivity index (χ4v) is 5.05. The molecule has 2 aliphatic heterocycles. The highest BCUT2D eigenvalue weighted by atomic mass is 16.5. The molecule has 34 heavy (non-hydrogen) atoms. The number of phenolic OH excluding ortho intramolecular Hbond substituents is 2. The number of hydrogen-bond donors (Lipinski definition) is 2. The molecule has 0 bridgehead atoms. The number of fused-ring (bicyclic) bond motifs is 1. The van der Waals surface area contributed by atoms with Gasteiger partial charge in [0.05, 0.1) is 5.56 Å². The molecule has 4 heteroatoms. The van der Waals surface area contributed by atoms with Crippen molar-refractivity contribution >= 4 is 17.2 Å². The molecule has 2 heterocycles. The largest absolute Gasteiger partial charge is 0.508 e. The molecule has 174 valence electrons. The van der Waals surface area contributed by atoms with E-state index in [4.69, 9.17) is 4.74 Å². The zero-order valence-corrected chi connectivity index (χ0v) is 19.6. The Morgan fingerprint density at radius 2 is 1.71 bits per heavy atom. The van der Waals surface area contributed by atoms with Crippen molar-refractivity contribution in [2.75, 3.05) is 19.6 Å². The summed E-state index contributed by atoms with van der Waals surface area (Å²) in [5, 5.41) is 20.7. The van der Waals surface area contributed by atoms with E-state index in [1.807, 2.05) is 25.1 Å². The van der Waals surface area contributed by atoms with Gasteiger partial charge in [-0.1, -0.05) is 61.0 Å². The lowest BCUT2D eigenvalue weighted by Gasteiger charge is -2.31. The van der Waals surface area contributed by atoms with Crippen LogP contribution in [0.5, 0.6) is 17.2 Å². The zero-order chi connectivity index (χ0) is 23.5. The summed E-state index contributed by atoms with van der Waals surface area (Å²) in [4.78, 5) is 2.51. The first-order valence-electron chi connectivity index (χ1n) is 12.1. The minimum Gasteiger partial charge on any atom is -0.508 e. The Morgan fingerprint density at radius 1 is 0.941 bits per heavy atom. The molecule has 0 aromatic heterocycles. The van der Waals surface area contributed by atoms with Crippen LogP contribution >= 0.6 is 0 Å². The van der Waals surface area contributed by atoms with E-state index in [2.05, 4.69) is 41.3 Å². The van der Waals surface area contributed by atoms with Gasteiger partial charge in [-0.05, 0) is 79.4 Å². The summed E-state index contributed by atoms with van der Waals surface area (Å²) in [5.41, 5.74) is 5.66. The van der Waals surface area contributed by atoms with Crippen LogP contribution in [-0.4, -0.2) is 34.7 Å². The molecule has 0 spiro atoms. The van der Waals surface area contributed by atoms with E-state index >= 15 is 0 Å². The molecule has 1 unspecified atom stereocenters. The lowest BCUT2D eigenvalue weighted by atomic mass is 9.85. The van der Waals surface area contributed by atoms with Gasteiger partial charge in [0, 0.05) is 12.1 Å². The lowest BCUT2D eigenvalue weighted by molar-refractivity contribution is 0.252. The Labute approximate surface area is 201 Å². The number of hydrogen-bond acceptors (Lipinski definition) is 4. The molecule has 2 N–H and O–H groups in total. The van der Waals surface area contributed by atoms with E-state index in [0.29, 0.717) is 11.3 Å². The first-order valence-corrected chi connectivity index (χ1v) is 12.1. The highest BCUT2D eigenvalue weighted by Gasteiger charge is 2.30. The van der Waals surface area contributed by atoms with Gasteiger partial charge in [-0.15, -0.1) is 0 Å². The van der Waals surface area contributed by atoms with Crippen molar-refractivity contribution < 1.29 is 14.9 Å². The Balaban J connectivity index is 1.45. The average Bonchev–Trinajstić information content (AvgIpc) is 2.85. The summed E-state index contributed by atoms with van der Waals surface area (Å²) in [6.07, 6.45) is 8.05. The van der Waals surface area contributed by atoms with E-state index in [0.717, 1.165) is 34.4 Å². The number of rotatable bonds is 5. The molecule has 2 aliphatic rings. The SMILES string of the molecule is CC1=C(c2cccc(O)c2)C(c2ccc(C=CCN3CCCCC3)cc2)Oc2cccc(O)c21. The highest BCUT2D eigenvalue weighted by molar-refractivity contribution is 5.97. The number of ether oxygens (including phenoxy) is 1. The smallest absolute Gasteiger partial charge is 0.150 e. The molecular formula is C30H31NO3. The zero-order valence-electron chi connectivity index (χ0n) is 19.6. The fraction of sp³-hybridized carbons (Fsp3) is 0.267. The van der Waals surface area contributed by atoms with Crippen LogP contribution in [0.25, 0.3) is 17.2 Å². The van der Waals surface area contributed by atoms with Crippen LogP contribution in [0.15, 0.2) is 72.8 Å². The van der Waals surface area contributed by atoms with Crippen LogP contribution < -0.4 is 4.74 Å². The van der Waals surface area contributed by atoms with Gasteiger partial charge in [0.2, 0.25) is 0 Å². The van der Waals surface area contributed by atoms with E-state index in [-0.39, 0.29) is 17.6 Å². The molecule has 5 rings (SSSR count). The quantitative estimate of drug-likeness (QED) is 0.453. The van der Waals surface area contributed by atoms with Crippen LogP contribution in [0.3, 0.4) is 0 Å². The minimum absolute atomic E-state index is 0.195. The second-order valence-electron chi connectivity index (χ2n) is 9.17. The van der Waals surface area contributed by atoms with Crippen LogP contribution in [0.4, 0.5) is 0 Å². The standard InChI is InChI=1S/C30H31NO3/c1-21-28(24-9-5-10-25(32)20-24)30(34-27-12-6-11-26(33)29(21)27)23-15-13-22(14-16-23)8-7-19-31-17-3-2-4-18-31/h5-16,20,30,32-33H,2-4,17-19H2,1H3. The summed E-state index contributed by atoms with van der Waals surface area (Å²) >= 11 is 0.